The summed E-state index contributed by atoms with van der Waals surface area (Å²) < 4.78 is 5.99. The summed E-state index contributed by atoms with van der Waals surface area (Å²) in [5, 5.41) is 20.6. The van der Waals surface area contributed by atoms with Crippen LogP contribution in [0.2, 0.25) is 0 Å². The molecule has 2 rings (SSSR count). The van der Waals surface area contributed by atoms with E-state index >= 15 is 0 Å². The quantitative estimate of drug-likeness (QED) is 0.646. The number of benzene rings is 1. The van der Waals surface area contributed by atoms with Crippen molar-refractivity contribution in [2.24, 2.45) is 0 Å². The lowest BCUT2D eigenvalue weighted by atomic mass is 9.83. The summed E-state index contributed by atoms with van der Waals surface area (Å²) in [5.74, 6) is -0.564. The van der Waals surface area contributed by atoms with Crippen LogP contribution in [0.4, 0.5) is 0 Å². The summed E-state index contributed by atoms with van der Waals surface area (Å²) >= 11 is 0. The van der Waals surface area contributed by atoms with Crippen molar-refractivity contribution in [3.8, 4) is 11.5 Å². The maximum Gasteiger partial charge on any atom is 0.339 e. The molecule has 0 heterocycles. The summed E-state index contributed by atoms with van der Waals surface area (Å²) in [6, 6.07) is 1.84. The highest BCUT2D eigenvalue weighted by atomic mass is 16.5. The zero-order valence-corrected chi connectivity index (χ0v) is 15.8. The first-order valence-corrected chi connectivity index (χ1v) is 9.31. The molecular weight excluding hydrogens is 316 g/mol. The van der Waals surface area contributed by atoms with Gasteiger partial charge in [-0.1, -0.05) is 25.0 Å². The molecule has 1 unspecified atom stereocenters. The Morgan fingerprint density at radius 1 is 1.40 bits per heavy atom. The molecule has 25 heavy (non-hydrogen) atoms. The minimum Gasteiger partial charge on any atom is -0.507 e. The van der Waals surface area contributed by atoms with Crippen molar-refractivity contribution in [2.75, 3.05) is 0 Å². The van der Waals surface area contributed by atoms with E-state index in [0.29, 0.717) is 23.3 Å². The number of carboxylic acids is 1. The molecule has 0 saturated heterocycles. The number of allylic oxidation sites excluding steroid dienone is 2. The monoisotopic (exact) mass is 346 g/mol. The van der Waals surface area contributed by atoms with E-state index in [9.17, 15) is 15.0 Å². The highest BCUT2D eigenvalue weighted by Gasteiger charge is 2.28. The molecule has 1 aromatic rings. The maximum atomic E-state index is 11.8. The van der Waals surface area contributed by atoms with Gasteiger partial charge in [-0.2, -0.15) is 0 Å². The van der Waals surface area contributed by atoms with Crippen molar-refractivity contribution in [3.05, 3.63) is 34.4 Å². The number of hydrogen-bond acceptors (Lipinski definition) is 3. The number of carbonyl (C=O) groups is 1. The van der Waals surface area contributed by atoms with Crippen molar-refractivity contribution >= 4 is 5.97 Å². The minimum absolute atomic E-state index is 0.000764. The van der Waals surface area contributed by atoms with Crippen LogP contribution in [0.3, 0.4) is 0 Å². The van der Waals surface area contributed by atoms with Gasteiger partial charge >= 0.3 is 5.97 Å². The van der Waals surface area contributed by atoms with Crippen LogP contribution in [0.1, 0.15) is 87.2 Å². The fourth-order valence-electron chi connectivity index (χ4n) is 3.56. The second-order valence-corrected chi connectivity index (χ2v) is 7.26. The Bertz CT molecular complexity index is 658. The van der Waals surface area contributed by atoms with E-state index < -0.39 is 5.97 Å². The van der Waals surface area contributed by atoms with Crippen LogP contribution in [-0.4, -0.2) is 22.3 Å². The van der Waals surface area contributed by atoms with Crippen molar-refractivity contribution in [3.63, 3.8) is 0 Å². The third kappa shape index (κ3) is 4.56. The Balaban J connectivity index is 2.63. The van der Waals surface area contributed by atoms with Crippen LogP contribution in [0.15, 0.2) is 17.7 Å². The van der Waals surface area contributed by atoms with Crippen molar-refractivity contribution < 1.29 is 19.7 Å². The van der Waals surface area contributed by atoms with E-state index in [-0.39, 0.29) is 23.3 Å². The number of rotatable bonds is 7. The number of aromatic hydroxyl groups is 1. The van der Waals surface area contributed by atoms with Crippen molar-refractivity contribution in [1.82, 2.24) is 0 Å². The number of unbranched alkanes of at least 4 members (excludes halogenated alkanes) is 1. The molecular formula is C21H30O4. The molecule has 138 valence electrons. The van der Waals surface area contributed by atoms with Gasteiger partial charge in [0.1, 0.15) is 17.1 Å². The molecule has 4 heteroatoms. The van der Waals surface area contributed by atoms with Gasteiger partial charge in [0.2, 0.25) is 0 Å². The van der Waals surface area contributed by atoms with Crippen molar-refractivity contribution in [2.45, 2.75) is 78.2 Å². The lowest BCUT2D eigenvalue weighted by Gasteiger charge is -2.26. The van der Waals surface area contributed by atoms with E-state index in [2.05, 4.69) is 19.9 Å². The number of aromatic carboxylic acids is 1. The molecule has 0 aliphatic heterocycles. The number of hydrogen-bond donors (Lipinski definition) is 2. The van der Waals surface area contributed by atoms with E-state index in [4.69, 9.17) is 4.74 Å². The summed E-state index contributed by atoms with van der Waals surface area (Å²) in [6.07, 6.45) is 7.55. The first kappa shape index (κ1) is 19.4. The molecule has 0 fully saturated rings. The van der Waals surface area contributed by atoms with E-state index in [1.54, 1.807) is 0 Å². The Morgan fingerprint density at radius 2 is 2.12 bits per heavy atom. The van der Waals surface area contributed by atoms with Crippen LogP contribution < -0.4 is 4.74 Å². The van der Waals surface area contributed by atoms with Crippen LogP contribution in [0.5, 0.6) is 11.5 Å². The summed E-state index contributed by atoms with van der Waals surface area (Å²) in [7, 11) is 0. The third-order valence-electron chi connectivity index (χ3n) is 4.70. The normalized spacial score (nSPS) is 17.5. The van der Waals surface area contributed by atoms with Crippen LogP contribution in [0.25, 0.3) is 0 Å². The van der Waals surface area contributed by atoms with Gasteiger partial charge in [0.25, 0.3) is 0 Å². The zero-order chi connectivity index (χ0) is 18.6. The fraction of sp³-hybridized carbons (Fsp3) is 0.571. The Morgan fingerprint density at radius 3 is 2.68 bits per heavy atom. The van der Waals surface area contributed by atoms with Gasteiger partial charge in [-0.15, -0.1) is 0 Å². The largest absolute Gasteiger partial charge is 0.507 e. The minimum atomic E-state index is -1.07. The first-order valence-electron chi connectivity index (χ1n) is 9.31. The Labute approximate surface area is 150 Å². The van der Waals surface area contributed by atoms with Gasteiger partial charge in [0, 0.05) is 11.5 Å². The number of aryl methyl sites for hydroxylation is 1. The standard InChI is InChI=1S/C21H30O4/c1-5-6-9-16-12-17(25-13(2)3)18(20(22)19(16)21(23)24)15-10-7-8-14(4)11-15/h11-13,15,22H,5-10H2,1-4H3,(H,23,24). The number of ether oxygens (including phenoxy) is 1. The molecule has 1 atom stereocenters. The molecule has 4 nitrogen and oxygen atoms in total. The lowest BCUT2D eigenvalue weighted by Crippen LogP contribution is -2.14. The summed E-state index contributed by atoms with van der Waals surface area (Å²) in [4.78, 5) is 11.8. The Hall–Kier alpha value is -1.97. The van der Waals surface area contributed by atoms with Crippen molar-refractivity contribution in [1.29, 1.82) is 0 Å². The predicted molar refractivity (Wildman–Crippen MR) is 99.8 cm³/mol. The molecule has 1 aromatic carbocycles. The van der Waals surface area contributed by atoms with E-state index in [1.807, 2.05) is 19.9 Å². The molecule has 1 aliphatic rings. The van der Waals surface area contributed by atoms with Gasteiger partial charge in [-0.25, -0.2) is 4.79 Å². The molecule has 0 radical (unpaired) electrons. The molecule has 0 amide bonds. The van der Waals surface area contributed by atoms with Crippen LogP contribution >= 0.6 is 0 Å². The first-order chi connectivity index (χ1) is 11.8. The Kier molecular flexibility index (Phi) is 6.51. The van der Waals surface area contributed by atoms with Gasteiger partial charge < -0.3 is 14.9 Å². The highest BCUT2D eigenvalue weighted by Crippen LogP contribution is 2.44. The second kappa shape index (κ2) is 8.41. The molecule has 0 saturated carbocycles. The summed E-state index contributed by atoms with van der Waals surface area (Å²) in [6.45, 7) is 8.04. The van der Waals surface area contributed by atoms with Gasteiger partial charge in [-0.05, 0) is 64.5 Å². The average molecular weight is 346 g/mol. The topological polar surface area (TPSA) is 66.8 Å². The highest BCUT2D eigenvalue weighted by molar-refractivity contribution is 5.94. The van der Waals surface area contributed by atoms with E-state index in [0.717, 1.165) is 32.1 Å². The summed E-state index contributed by atoms with van der Waals surface area (Å²) in [5.41, 5.74) is 2.60. The average Bonchev–Trinajstić information content (AvgIpc) is 2.51. The van der Waals surface area contributed by atoms with Gasteiger partial charge in [0.05, 0.1) is 6.10 Å². The molecule has 0 spiro atoms. The number of phenols is 1. The van der Waals surface area contributed by atoms with Crippen LogP contribution in [0, 0.1) is 0 Å². The number of carboxylic acid groups (broad SMARTS) is 1. The van der Waals surface area contributed by atoms with E-state index in [1.165, 1.54) is 5.57 Å². The molecule has 0 bridgehead atoms. The van der Waals surface area contributed by atoms with Gasteiger partial charge in [-0.3, -0.25) is 0 Å². The fourth-order valence-corrected chi connectivity index (χ4v) is 3.56. The third-order valence-corrected chi connectivity index (χ3v) is 4.70. The molecule has 2 N–H and O–H groups in total. The smallest absolute Gasteiger partial charge is 0.339 e. The second-order valence-electron chi connectivity index (χ2n) is 7.26. The van der Waals surface area contributed by atoms with Crippen LogP contribution in [-0.2, 0) is 6.42 Å². The lowest BCUT2D eigenvalue weighted by molar-refractivity contribution is 0.0692. The predicted octanol–water partition coefficient (Wildman–Crippen LogP) is 5.43. The molecule has 1 aliphatic carbocycles. The zero-order valence-electron chi connectivity index (χ0n) is 15.8. The SMILES string of the molecule is CCCCc1cc(OC(C)C)c(C2C=C(C)CCC2)c(O)c1C(=O)O. The maximum absolute atomic E-state index is 11.8. The van der Waals surface area contributed by atoms with Gasteiger partial charge in [0.15, 0.2) is 0 Å². The molecule has 0 aromatic heterocycles.